The van der Waals surface area contributed by atoms with E-state index >= 15 is 0 Å². The lowest BCUT2D eigenvalue weighted by molar-refractivity contribution is 0.102. The molecule has 0 aliphatic heterocycles. The summed E-state index contributed by atoms with van der Waals surface area (Å²) in [5.41, 5.74) is 1.18. The summed E-state index contributed by atoms with van der Waals surface area (Å²) in [6.45, 7) is 4.88. The van der Waals surface area contributed by atoms with Gasteiger partial charge in [0.1, 0.15) is 0 Å². The van der Waals surface area contributed by atoms with Crippen molar-refractivity contribution >= 4 is 23.2 Å². The molecule has 0 atom stereocenters. The molecule has 0 saturated heterocycles. The van der Waals surface area contributed by atoms with Crippen molar-refractivity contribution in [2.24, 2.45) is 0 Å². The zero-order chi connectivity index (χ0) is 15.9. The first-order valence-electron chi connectivity index (χ1n) is 7.10. The molecule has 0 unspecified atom stereocenters. The summed E-state index contributed by atoms with van der Waals surface area (Å²) in [6.07, 6.45) is 0. The molecule has 0 heterocycles. The van der Waals surface area contributed by atoms with Crippen LogP contribution in [0.2, 0.25) is 5.02 Å². The molecule has 0 aliphatic rings. The second kappa shape index (κ2) is 7.71. The van der Waals surface area contributed by atoms with E-state index in [4.69, 9.17) is 21.1 Å². The highest BCUT2D eigenvalue weighted by molar-refractivity contribution is 6.30. The Kier molecular flexibility index (Phi) is 5.67. The summed E-state index contributed by atoms with van der Waals surface area (Å²) >= 11 is 5.82. The molecule has 0 spiro atoms. The Balaban J connectivity index is 2.16. The van der Waals surface area contributed by atoms with Gasteiger partial charge in [-0.05, 0) is 50.2 Å². The molecule has 1 amide bonds. The van der Waals surface area contributed by atoms with Gasteiger partial charge in [-0.25, -0.2) is 0 Å². The van der Waals surface area contributed by atoms with E-state index in [1.807, 2.05) is 13.8 Å². The smallest absolute Gasteiger partial charge is 0.255 e. The average molecular weight is 320 g/mol. The number of nitrogens with one attached hydrogen (secondary N) is 1. The van der Waals surface area contributed by atoms with Crippen LogP contribution in [0.15, 0.2) is 42.5 Å². The molecule has 22 heavy (non-hydrogen) atoms. The van der Waals surface area contributed by atoms with Crippen molar-refractivity contribution in [3.8, 4) is 11.5 Å². The van der Waals surface area contributed by atoms with Crippen LogP contribution in [0.3, 0.4) is 0 Å². The largest absolute Gasteiger partial charge is 0.490 e. The van der Waals surface area contributed by atoms with Crippen LogP contribution in [0.5, 0.6) is 11.5 Å². The summed E-state index contributed by atoms with van der Waals surface area (Å²) < 4.78 is 11.0. The zero-order valence-corrected chi connectivity index (χ0v) is 13.3. The van der Waals surface area contributed by atoms with Gasteiger partial charge in [0.05, 0.1) is 13.2 Å². The molecule has 0 saturated carbocycles. The fraction of sp³-hybridized carbons (Fsp3) is 0.235. The lowest BCUT2D eigenvalue weighted by Gasteiger charge is -2.13. The quantitative estimate of drug-likeness (QED) is 0.859. The molecule has 2 aromatic carbocycles. The van der Waals surface area contributed by atoms with Gasteiger partial charge in [-0.1, -0.05) is 11.6 Å². The second-order valence-electron chi connectivity index (χ2n) is 4.49. The van der Waals surface area contributed by atoms with E-state index in [0.717, 1.165) is 0 Å². The number of anilines is 1. The molecule has 0 bridgehead atoms. The topological polar surface area (TPSA) is 47.6 Å². The van der Waals surface area contributed by atoms with Crippen LogP contribution in [0.4, 0.5) is 5.69 Å². The van der Waals surface area contributed by atoms with Crippen LogP contribution < -0.4 is 14.8 Å². The molecule has 0 aromatic heterocycles. The number of carbonyl (C=O) groups excluding carboxylic acids is 1. The number of amides is 1. The van der Waals surface area contributed by atoms with Crippen molar-refractivity contribution in [1.82, 2.24) is 0 Å². The van der Waals surface area contributed by atoms with Crippen LogP contribution in [-0.4, -0.2) is 19.1 Å². The van der Waals surface area contributed by atoms with Gasteiger partial charge in [-0.3, -0.25) is 4.79 Å². The number of halogens is 1. The molecule has 0 aliphatic carbocycles. The van der Waals surface area contributed by atoms with Gasteiger partial charge in [-0.15, -0.1) is 0 Å². The van der Waals surface area contributed by atoms with Crippen LogP contribution in [-0.2, 0) is 0 Å². The average Bonchev–Trinajstić information content (AvgIpc) is 2.51. The Morgan fingerprint density at radius 1 is 1.00 bits per heavy atom. The van der Waals surface area contributed by atoms with Crippen LogP contribution in [0.25, 0.3) is 0 Å². The molecule has 4 nitrogen and oxygen atoms in total. The highest BCUT2D eigenvalue weighted by Crippen LogP contribution is 2.30. The van der Waals surface area contributed by atoms with Crippen molar-refractivity contribution in [3.05, 3.63) is 53.1 Å². The Labute approximate surface area is 135 Å². The Morgan fingerprint density at radius 3 is 2.27 bits per heavy atom. The van der Waals surface area contributed by atoms with E-state index in [9.17, 15) is 4.79 Å². The number of hydrogen-bond donors (Lipinski definition) is 1. The van der Waals surface area contributed by atoms with Crippen LogP contribution in [0.1, 0.15) is 24.2 Å². The zero-order valence-electron chi connectivity index (χ0n) is 12.6. The summed E-state index contributed by atoms with van der Waals surface area (Å²) in [7, 11) is 0. The van der Waals surface area contributed by atoms with Gasteiger partial charge in [0.15, 0.2) is 11.5 Å². The van der Waals surface area contributed by atoms with E-state index in [0.29, 0.717) is 41.0 Å². The predicted molar refractivity (Wildman–Crippen MR) is 88.2 cm³/mol. The van der Waals surface area contributed by atoms with Gasteiger partial charge in [-0.2, -0.15) is 0 Å². The lowest BCUT2D eigenvalue weighted by atomic mass is 10.2. The Hall–Kier alpha value is -2.20. The summed E-state index contributed by atoms with van der Waals surface area (Å²) in [4.78, 5) is 12.2. The second-order valence-corrected chi connectivity index (χ2v) is 4.92. The first kappa shape index (κ1) is 16.2. The van der Waals surface area contributed by atoms with Gasteiger partial charge in [0.2, 0.25) is 0 Å². The monoisotopic (exact) mass is 319 g/mol. The SMILES string of the molecule is CCOc1ccc(NC(=O)c2ccc(Cl)cc2)cc1OCC. The molecule has 2 rings (SSSR count). The standard InChI is InChI=1S/C17H18ClNO3/c1-3-21-15-10-9-14(11-16(15)22-4-2)19-17(20)12-5-7-13(18)8-6-12/h5-11H,3-4H2,1-2H3,(H,19,20). The van der Waals surface area contributed by atoms with Crippen LogP contribution >= 0.6 is 11.6 Å². The van der Waals surface area contributed by atoms with E-state index in [-0.39, 0.29) is 5.91 Å². The summed E-state index contributed by atoms with van der Waals surface area (Å²) in [5, 5.41) is 3.42. The van der Waals surface area contributed by atoms with E-state index < -0.39 is 0 Å². The molecule has 0 fully saturated rings. The molecular formula is C17H18ClNO3. The minimum atomic E-state index is -0.205. The van der Waals surface area contributed by atoms with E-state index in [1.165, 1.54) is 0 Å². The molecule has 1 N–H and O–H groups in total. The van der Waals surface area contributed by atoms with E-state index in [2.05, 4.69) is 5.32 Å². The number of benzene rings is 2. The van der Waals surface area contributed by atoms with Gasteiger partial charge >= 0.3 is 0 Å². The first-order chi connectivity index (χ1) is 10.6. The van der Waals surface area contributed by atoms with Crippen molar-refractivity contribution < 1.29 is 14.3 Å². The number of hydrogen-bond acceptors (Lipinski definition) is 3. The third-order valence-electron chi connectivity index (χ3n) is 2.91. The maximum Gasteiger partial charge on any atom is 0.255 e. The minimum absolute atomic E-state index is 0.205. The first-order valence-corrected chi connectivity index (χ1v) is 7.48. The van der Waals surface area contributed by atoms with Crippen molar-refractivity contribution in [3.63, 3.8) is 0 Å². The van der Waals surface area contributed by atoms with Crippen LogP contribution in [0, 0.1) is 0 Å². The molecule has 116 valence electrons. The maximum absolute atomic E-state index is 12.2. The highest BCUT2D eigenvalue weighted by Gasteiger charge is 2.10. The molecular weight excluding hydrogens is 302 g/mol. The maximum atomic E-state index is 12.2. The van der Waals surface area contributed by atoms with Crippen molar-refractivity contribution in [1.29, 1.82) is 0 Å². The van der Waals surface area contributed by atoms with Crippen molar-refractivity contribution in [2.75, 3.05) is 18.5 Å². The number of carbonyl (C=O) groups is 1. The summed E-state index contributed by atoms with van der Waals surface area (Å²) in [6, 6.07) is 12.0. The number of rotatable bonds is 6. The molecule has 5 heteroatoms. The third-order valence-corrected chi connectivity index (χ3v) is 3.16. The fourth-order valence-corrected chi connectivity index (χ4v) is 2.06. The van der Waals surface area contributed by atoms with Gasteiger partial charge in [0.25, 0.3) is 5.91 Å². The lowest BCUT2D eigenvalue weighted by Crippen LogP contribution is -2.12. The van der Waals surface area contributed by atoms with Crippen molar-refractivity contribution in [2.45, 2.75) is 13.8 Å². The molecule has 2 aromatic rings. The third kappa shape index (κ3) is 4.15. The summed E-state index contributed by atoms with van der Waals surface area (Å²) in [5.74, 6) is 1.07. The Morgan fingerprint density at radius 2 is 1.64 bits per heavy atom. The predicted octanol–water partition coefficient (Wildman–Crippen LogP) is 4.39. The van der Waals surface area contributed by atoms with E-state index in [1.54, 1.807) is 42.5 Å². The number of ether oxygens (including phenoxy) is 2. The minimum Gasteiger partial charge on any atom is -0.490 e. The normalized spacial score (nSPS) is 10.1. The molecule has 0 radical (unpaired) electrons. The highest BCUT2D eigenvalue weighted by atomic mass is 35.5. The van der Waals surface area contributed by atoms with Gasteiger partial charge in [0, 0.05) is 22.3 Å². The van der Waals surface area contributed by atoms with Gasteiger partial charge < -0.3 is 14.8 Å². The Bertz CT molecular complexity index is 641. The fourth-order valence-electron chi connectivity index (χ4n) is 1.93.